The van der Waals surface area contributed by atoms with Gasteiger partial charge in [-0.1, -0.05) is 0 Å². The molecular formula is C23H25FN4O3S. The van der Waals surface area contributed by atoms with Gasteiger partial charge < -0.3 is 19.7 Å². The van der Waals surface area contributed by atoms with Crippen molar-refractivity contribution in [2.24, 2.45) is 0 Å². The van der Waals surface area contributed by atoms with Crippen molar-refractivity contribution in [3.05, 3.63) is 53.7 Å². The van der Waals surface area contributed by atoms with Crippen LogP contribution in [-0.2, 0) is 4.79 Å². The largest absolute Gasteiger partial charge is 0.497 e. The number of nitrogens with one attached hydrogen (secondary N) is 1. The number of carbonyl (C=O) groups is 1. The smallest absolute Gasteiger partial charge is 0.238 e. The Morgan fingerprint density at radius 2 is 1.84 bits per heavy atom. The second-order valence-electron chi connectivity index (χ2n) is 7.40. The van der Waals surface area contributed by atoms with Crippen LogP contribution in [0.3, 0.4) is 0 Å². The number of aromatic nitrogens is 1. The van der Waals surface area contributed by atoms with Gasteiger partial charge in [-0.15, -0.1) is 11.3 Å². The van der Waals surface area contributed by atoms with Gasteiger partial charge in [0, 0.05) is 43.2 Å². The van der Waals surface area contributed by atoms with Gasteiger partial charge in [-0.2, -0.15) is 0 Å². The second kappa shape index (κ2) is 9.97. The Balaban J connectivity index is 1.31. The molecule has 0 radical (unpaired) electrons. The zero-order valence-electron chi connectivity index (χ0n) is 18.0. The molecule has 1 aromatic heterocycles. The maximum absolute atomic E-state index is 13.1. The Labute approximate surface area is 190 Å². The highest BCUT2D eigenvalue weighted by atomic mass is 32.1. The Bertz CT molecular complexity index is 1070. The van der Waals surface area contributed by atoms with Crippen molar-refractivity contribution in [1.29, 1.82) is 0 Å². The van der Waals surface area contributed by atoms with E-state index in [1.165, 1.54) is 12.1 Å². The van der Waals surface area contributed by atoms with Crippen molar-refractivity contribution in [2.45, 2.75) is 0 Å². The van der Waals surface area contributed by atoms with Gasteiger partial charge in [-0.05, 0) is 36.4 Å². The van der Waals surface area contributed by atoms with E-state index in [1.807, 2.05) is 5.38 Å². The summed E-state index contributed by atoms with van der Waals surface area (Å²) >= 11 is 1.58. The van der Waals surface area contributed by atoms with E-state index >= 15 is 0 Å². The minimum absolute atomic E-state index is 0.0992. The van der Waals surface area contributed by atoms with Gasteiger partial charge in [-0.3, -0.25) is 9.69 Å². The van der Waals surface area contributed by atoms with Crippen LogP contribution in [-0.4, -0.2) is 62.7 Å². The molecule has 0 aliphatic carbocycles. The lowest BCUT2D eigenvalue weighted by molar-refractivity contribution is -0.117. The topological polar surface area (TPSA) is 66.9 Å². The number of ether oxygens (including phenoxy) is 2. The number of methoxy groups -OCH3 is 2. The predicted molar refractivity (Wildman–Crippen MR) is 124 cm³/mol. The maximum atomic E-state index is 13.1. The number of halogens is 1. The molecule has 2 aromatic carbocycles. The van der Waals surface area contributed by atoms with E-state index in [-0.39, 0.29) is 11.7 Å². The monoisotopic (exact) mass is 456 g/mol. The predicted octanol–water partition coefficient (Wildman–Crippen LogP) is 3.73. The van der Waals surface area contributed by atoms with Crippen molar-refractivity contribution in [2.75, 3.05) is 57.2 Å². The number of benzene rings is 2. The first-order valence-corrected chi connectivity index (χ1v) is 11.1. The van der Waals surface area contributed by atoms with E-state index in [2.05, 4.69) is 15.1 Å². The minimum atomic E-state index is -0.255. The third kappa shape index (κ3) is 5.17. The normalized spacial score (nSPS) is 14.3. The third-order valence-electron chi connectivity index (χ3n) is 5.32. The van der Waals surface area contributed by atoms with E-state index in [9.17, 15) is 9.18 Å². The van der Waals surface area contributed by atoms with E-state index in [4.69, 9.17) is 14.5 Å². The number of hydrogen-bond donors (Lipinski definition) is 1. The number of amides is 1. The Hall–Kier alpha value is -3.17. The van der Waals surface area contributed by atoms with Crippen molar-refractivity contribution in [1.82, 2.24) is 9.88 Å². The molecule has 3 aromatic rings. The van der Waals surface area contributed by atoms with E-state index in [1.54, 1.807) is 55.9 Å². The van der Waals surface area contributed by atoms with Crippen molar-refractivity contribution >= 4 is 28.1 Å². The van der Waals surface area contributed by atoms with Gasteiger partial charge in [0.15, 0.2) is 5.13 Å². The molecule has 1 saturated heterocycles. The number of nitrogens with zero attached hydrogens (tertiary/aromatic N) is 3. The molecule has 4 rings (SSSR count). The summed E-state index contributed by atoms with van der Waals surface area (Å²) in [4.78, 5) is 21.6. The molecule has 7 nitrogen and oxygen atoms in total. The number of carbonyl (C=O) groups excluding carboxylic acids is 1. The first-order chi connectivity index (χ1) is 15.6. The van der Waals surface area contributed by atoms with Gasteiger partial charge >= 0.3 is 0 Å². The van der Waals surface area contributed by atoms with Crippen LogP contribution in [0.4, 0.5) is 15.2 Å². The van der Waals surface area contributed by atoms with Crippen LogP contribution in [0, 0.1) is 5.82 Å². The van der Waals surface area contributed by atoms with E-state index in [0.29, 0.717) is 23.7 Å². The minimum Gasteiger partial charge on any atom is -0.497 e. The van der Waals surface area contributed by atoms with Gasteiger partial charge in [-0.25, -0.2) is 9.37 Å². The van der Waals surface area contributed by atoms with Gasteiger partial charge in [0.2, 0.25) is 5.91 Å². The lowest BCUT2D eigenvalue weighted by atomic mass is 10.2. The van der Waals surface area contributed by atoms with Crippen LogP contribution in [0.5, 0.6) is 11.5 Å². The molecule has 0 unspecified atom stereocenters. The molecule has 0 atom stereocenters. The third-order valence-corrected chi connectivity index (χ3v) is 6.22. The molecule has 1 fully saturated rings. The summed E-state index contributed by atoms with van der Waals surface area (Å²) in [6.45, 7) is 3.38. The molecule has 0 saturated carbocycles. The van der Waals surface area contributed by atoms with Crippen molar-refractivity contribution in [3.63, 3.8) is 0 Å². The highest BCUT2D eigenvalue weighted by Gasteiger charge is 2.22. The lowest BCUT2D eigenvalue weighted by Gasteiger charge is -2.34. The molecule has 1 aliphatic rings. The first kappa shape index (κ1) is 22.0. The van der Waals surface area contributed by atoms with Crippen LogP contribution in [0.15, 0.2) is 47.8 Å². The summed E-state index contributed by atoms with van der Waals surface area (Å²) in [5.41, 5.74) is 2.34. The molecule has 0 spiro atoms. The van der Waals surface area contributed by atoms with Crippen LogP contribution in [0.1, 0.15) is 0 Å². The highest BCUT2D eigenvalue weighted by Crippen LogP contribution is 2.30. The molecule has 1 aliphatic heterocycles. The Kier molecular flexibility index (Phi) is 6.87. The molecule has 168 valence electrons. The maximum Gasteiger partial charge on any atom is 0.238 e. The number of anilines is 2. The van der Waals surface area contributed by atoms with Crippen molar-refractivity contribution in [3.8, 4) is 22.8 Å². The summed E-state index contributed by atoms with van der Waals surface area (Å²) in [5, 5.41) is 5.85. The highest BCUT2D eigenvalue weighted by molar-refractivity contribution is 7.14. The molecule has 32 heavy (non-hydrogen) atoms. The van der Waals surface area contributed by atoms with Gasteiger partial charge in [0.1, 0.15) is 17.3 Å². The molecule has 1 N–H and O–H groups in total. The van der Waals surface area contributed by atoms with Crippen LogP contribution in [0.25, 0.3) is 11.3 Å². The SMILES string of the molecule is COc1ccc(OC)c(NC(=O)CN2CCN(c3nc(-c4ccc(F)cc4)cs3)CC2)c1. The summed E-state index contributed by atoms with van der Waals surface area (Å²) in [7, 11) is 3.15. The zero-order chi connectivity index (χ0) is 22.5. The first-order valence-electron chi connectivity index (χ1n) is 10.3. The Morgan fingerprint density at radius 3 is 2.53 bits per heavy atom. The number of hydrogen-bond acceptors (Lipinski definition) is 7. The fourth-order valence-corrected chi connectivity index (χ4v) is 4.45. The fraction of sp³-hybridized carbons (Fsp3) is 0.304. The molecular weight excluding hydrogens is 431 g/mol. The summed E-state index contributed by atoms with van der Waals surface area (Å²) in [5.74, 6) is 0.884. The van der Waals surface area contributed by atoms with Gasteiger partial charge in [0.25, 0.3) is 0 Å². The number of rotatable bonds is 7. The van der Waals surface area contributed by atoms with Crippen LogP contribution in [0.2, 0.25) is 0 Å². The average molecular weight is 457 g/mol. The Morgan fingerprint density at radius 1 is 1.09 bits per heavy atom. The summed E-state index contributed by atoms with van der Waals surface area (Å²) < 4.78 is 23.7. The van der Waals surface area contributed by atoms with E-state index < -0.39 is 0 Å². The fourth-order valence-electron chi connectivity index (χ4n) is 3.56. The van der Waals surface area contributed by atoms with Crippen LogP contribution < -0.4 is 19.7 Å². The molecule has 2 heterocycles. The standard InChI is InChI=1S/C23H25FN4O3S/c1-30-18-7-8-21(31-2)19(13-18)25-22(29)14-27-9-11-28(12-10-27)23-26-20(15-32-23)16-3-5-17(24)6-4-16/h3-8,13,15H,9-12,14H2,1-2H3,(H,25,29). The molecule has 9 heteroatoms. The van der Waals surface area contributed by atoms with E-state index in [0.717, 1.165) is 42.6 Å². The summed E-state index contributed by atoms with van der Waals surface area (Å²) in [6, 6.07) is 11.7. The number of thiazole rings is 1. The zero-order valence-corrected chi connectivity index (χ0v) is 18.8. The summed E-state index contributed by atoms with van der Waals surface area (Å²) in [6.07, 6.45) is 0. The second-order valence-corrected chi connectivity index (χ2v) is 8.24. The van der Waals surface area contributed by atoms with Crippen LogP contribution >= 0.6 is 11.3 Å². The lowest BCUT2D eigenvalue weighted by Crippen LogP contribution is -2.48. The van der Waals surface area contributed by atoms with Crippen molar-refractivity contribution < 1.29 is 18.7 Å². The molecule has 0 bridgehead atoms. The quantitative estimate of drug-likeness (QED) is 0.585. The number of piperazine rings is 1. The molecule has 1 amide bonds. The van der Waals surface area contributed by atoms with Gasteiger partial charge in [0.05, 0.1) is 32.1 Å². The average Bonchev–Trinajstić information content (AvgIpc) is 3.30.